The monoisotopic (exact) mass is 433 g/mol. The molecule has 0 aliphatic rings. The molecule has 6 heteroatoms. The fraction of sp³-hybridized carbons (Fsp3) is 0.308. The molecule has 2 aromatic carbocycles. The molecule has 0 atom stereocenters. The van der Waals surface area contributed by atoms with E-state index in [9.17, 15) is 4.79 Å². The average molecular weight is 434 g/mol. The third-order valence-corrected chi connectivity index (χ3v) is 5.45. The smallest absolute Gasteiger partial charge is 0.255 e. The van der Waals surface area contributed by atoms with E-state index >= 15 is 0 Å². The molecule has 0 unspecified atom stereocenters. The number of hydrogen-bond acceptors (Lipinski definition) is 5. The molecule has 3 aromatic rings. The van der Waals surface area contributed by atoms with Crippen molar-refractivity contribution in [2.45, 2.75) is 45.8 Å². The number of aromatic nitrogens is 1. The van der Waals surface area contributed by atoms with E-state index in [2.05, 4.69) is 36.3 Å². The Balaban J connectivity index is 1.58. The van der Waals surface area contributed by atoms with Gasteiger partial charge in [0.1, 0.15) is 17.3 Å². The maximum atomic E-state index is 12.5. The van der Waals surface area contributed by atoms with Crippen LogP contribution in [0, 0.1) is 0 Å². The van der Waals surface area contributed by atoms with Crippen LogP contribution in [-0.4, -0.2) is 18.0 Å². The number of nitrogen functional groups attached to an aromatic ring is 1. The van der Waals surface area contributed by atoms with E-state index in [-0.39, 0.29) is 11.7 Å². The normalized spacial score (nSPS) is 10.9. The van der Waals surface area contributed by atoms with Gasteiger partial charge in [0.25, 0.3) is 5.91 Å². The summed E-state index contributed by atoms with van der Waals surface area (Å²) in [5.41, 5.74) is 9.21. The lowest BCUT2D eigenvalue weighted by atomic mass is 9.94. The maximum Gasteiger partial charge on any atom is 0.255 e. The van der Waals surface area contributed by atoms with E-state index < -0.39 is 0 Å². The van der Waals surface area contributed by atoms with Crippen molar-refractivity contribution < 1.29 is 14.3 Å². The Labute approximate surface area is 189 Å². The number of hydrogen-bond donors (Lipinski definition) is 2. The Morgan fingerprint density at radius 3 is 2.44 bits per heavy atom. The second kappa shape index (κ2) is 11.3. The predicted octanol–water partition coefficient (Wildman–Crippen LogP) is 5.44. The summed E-state index contributed by atoms with van der Waals surface area (Å²) in [6, 6.07) is 19.4. The van der Waals surface area contributed by atoms with Crippen LogP contribution < -0.4 is 15.8 Å². The topological polar surface area (TPSA) is 86.5 Å². The summed E-state index contributed by atoms with van der Waals surface area (Å²) in [5, 5.41) is 2.88. The first kappa shape index (κ1) is 23.3. The highest BCUT2D eigenvalue weighted by molar-refractivity contribution is 5.98. The molecular weight excluding hydrogens is 402 g/mol. The second-order valence-corrected chi connectivity index (χ2v) is 7.68. The number of carbonyl (C=O) groups excluding carboxylic acids is 1. The number of methoxy groups -OCH3 is 1. The molecule has 3 rings (SSSR count). The van der Waals surface area contributed by atoms with Crippen LogP contribution >= 0.6 is 0 Å². The van der Waals surface area contributed by atoms with Gasteiger partial charge in [-0.15, -0.1) is 0 Å². The first-order valence-electron chi connectivity index (χ1n) is 10.9. The summed E-state index contributed by atoms with van der Waals surface area (Å²) >= 11 is 0. The summed E-state index contributed by atoms with van der Waals surface area (Å²) in [5.74, 6) is 2.05. The number of pyridine rings is 1. The van der Waals surface area contributed by atoms with Crippen molar-refractivity contribution in [2.75, 3.05) is 12.8 Å². The molecule has 0 aliphatic carbocycles. The highest BCUT2D eigenvalue weighted by Crippen LogP contribution is 2.28. The van der Waals surface area contributed by atoms with Gasteiger partial charge in [0.05, 0.1) is 17.9 Å². The second-order valence-electron chi connectivity index (χ2n) is 7.68. The van der Waals surface area contributed by atoms with Crippen LogP contribution in [0.3, 0.4) is 0 Å². The lowest BCUT2D eigenvalue weighted by Gasteiger charge is -2.14. The number of carbonyl (C=O) groups is 1. The van der Waals surface area contributed by atoms with Crippen LogP contribution in [0.1, 0.15) is 59.8 Å². The van der Waals surface area contributed by atoms with Crippen LogP contribution in [-0.2, 0) is 17.9 Å². The van der Waals surface area contributed by atoms with Crippen LogP contribution in [0.15, 0.2) is 60.7 Å². The quantitative estimate of drug-likeness (QED) is 0.445. The zero-order valence-electron chi connectivity index (χ0n) is 18.9. The van der Waals surface area contributed by atoms with E-state index in [1.54, 1.807) is 19.2 Å². The Hall–Kier alpha value is -3.38. The third kappa shape index (κ3) is 6.08. The van der Waals surface area contributed by atoms with Crippen LogP contribution in [0.4, 0.5) is 5.82 Å². The molecule has 1 aromatic heterocycles. The van der Waals surface area contributed by atoms with Gasteiger partial charge in [0, 0.05) is 13.7 Å². The molecule has 0 fully saturated rings. The zero-order valence-corrected chi connectivity index (χ0v) is 18.9. The number of nitrogens with one attached hydrogen (secondary N) is 1. The van der Waals surface area contributed by atoms with Gasteiger partial charge >= 0.3 is 0 Å². The Morgan fingerprint density at radius 1 is 1.03 bits per heavy atom. The first-order valence-corrected chi connectivity index (χ1v) is 10.9. The number of rotatable bonds is 10. The van der Waals surface area contributed by atoms with Gasteiger partial charge in [-0.3, -0.25) is 4.79 Å². The molecule has 32 heavy (non-hydrogen) atoms. The average Bonchev–Trinajstić information content (AvgIpc) is 2.80. The van der Waals surface area contributed by atoms with Gasteiger partial charge in [-0.05, 0) is 66.3 Å². The fourth-order valence-electron chi connectivity index (χ4n) is 3.62. The van der Waals surface area contributed by atoms with E-state index in [0.717, 1.165) is 29.9 Å². The number of amides is 1. The van der Waals surface area contributed by atoms with Crippen LogP contribution in [0.5, 0.6) is 11.5 Å². The minimum absolute atomic E-state index is 0.191. The standard InChI is InChI=1S/C26H31N3O3/c1-4-19(5-2)20-7-6-8-23(15-20)32-22-12-9-18(10-13-22)16-28-26(30)24-14-11-21(17-31-3)29-25(24)27/h6-15,19H,4-5,16-17H2,1-3H3,(H2,27,29)(H,28,30). The lowest BCUT2D eigenvalue weighted by Crippen LogP contribution is -2.24. The van der Waals surface area contributed by atoms with Crippen molar-refractivity contribution in [1.29, 1.82) is 0 Å². The Kier molecular flexibility index (Phi) is 8.22. The molecule has 168 valence electrons. The van der Waals surface area contributed by atoms with Gasteiger partial charge in [-0.2, -0.15) is 0 Å². The van der Waals surface area contributed by atoms with Crippen molar-refractivity contribution in [3.63, 3.8) is 0 Å². The third-order valence-electron chi connectivity index (χ3n) is 5.45. The van der Waals surface area contributed by atoms with Crippen molar-refractivity contribution in [3.05, 3.63) is 83.0 Å². The number of nitrogens with two attached hydrogens (primary N) is 1. The van der Waals surface area contributed by atoms with Crippen molar-refractivity contribution in [1.82, 2.24) is 10.3 Å². The van der Waals surface area contributed by atoms with Gasteiger partial charge in [-0.1, -0.05) is 38.1 Å². The summed E-state index contributed by atoms with van der Waals surface area (Å²) < 4.78 is 11.1. The Morgan fingerprint density at radius 2 is 1.78 bits per heavy atom. The fourth-order valence-corrected chi connectivity index (χ4v) is 3.62. The molecule has 0 spiro atoms. The minimum atomic E-state index is -0.266. The molecule has 1 amide bonds. The molecule has 0 saturated heterocycles. The maximum absolute atomic E-state index is 12.5. The van der Waals surface area contributed by atoms with Crippen LogP contribution in [0.25, 0.3) is 0 Å². The Bertz CT molecular complexity index is 1030. The van der Waals surface area contributed by atoms with E-state index in [4.69, 9.17) is 15.2 Å². The molecular formula is C26H31N3O3. The summed E-state index contributed by atoms with van der Waals surface area (Å²) in [6.07, 6.45) is 2.22. The van der Waals surface area contributed by atoms with Gasteiger partial charge in [-0.25, -0.2) is 4.98 Å². The van der Waals surface area contributed by atoms with E-state index in [0.29, 0.717) is 30.3 Å². The van der Waals surface area contributed by atoms with Gasteiger partial charge < -0.3 is 20.5 Å². The molecule has 0 aliphatic heterocycles. The van der Waals surface area contributed by atoms with Crippen molar-refractivity contribution >= 4 is 11.7 Å². The van der Waals surface area contributed by atoms with Crippen LogP contribution in [0.2, 0.25) is 0 Å². The summed E-state index contributed by atoms with van der Waals surface area (Å²) in [7, 11) is 1.58. The summed E-state index contributed by atoms with van der Waals surface area (Å²) in [4.78, 5) is 16.7. The lowest BCUT2D eigenvalue weighted by molar-refractivity contribution is 0.0951. The molecule has 1 heterocycles. The number of ether oxygens (including phenoxy) is 2. The minimum Gasteiger partial charge on any atom is -0.457 e. The van der Waals surface area contributed by atoms with Crippen molar-refractivity contribution in [3.8, 4) is 11.5 Å². The number of benzene rings is 2. The molecule has 0 bridgehead atoms. The number of anilines is 1. The molecule has 6 nitrogen and oxygen atoms in total. The highest BCUT2D eigenvalue weighted by atomic mass is 16.5. The largest absolute Gasteiger partial charge is 0.457 e. The van der Waals surface area contributed by atoms with E-state index in [1.807, 2.05) is 36.4 Å². The summed E-state index contributed by atoms with van der Waals surface area (Å²) in [6.45, 7) is 5.14. The first-order chi connectivity index (χ1) is 15.5. The SMILES string of the molecule is CCC(CC)c1cccc(Oc2ccc(CNC(=O)c3ccc(COC)nc3N)cc2)c1. The van der Waals surface area contributed by atoms with Gasteiger partial charge in [0.2, 0.25) is 0 Å². The van der Waals surface area contributed by atoms with Gasteiger partial charge in [0.15, 0.2) is 0 Å². The molecule has 0 radical (unpaired) electrons. The van der Waals surface area contributed by atoms with E-state index in [1.165, 1.54) is 5.56 Å². The zero-order chi connectivity index (χ0) is 22.9. The van der Waals surface area contributed by atoms with Crippen molar-refractivity contribution in [2.24, 2.45) is 0 Å². The number of nitrogens with zero attached hydrogens (tertiary/aromatic N) is 1. The predicted molar refractivity (Wildman–Crippen MR) is 127 cm³/mol. The molecule has 3 N–H and O–H groups in total. The molecule has 0 saturated carbocycles. The highest BCUT2D eigenvalue weighted by Gasteiger charge is 2.12.